The van der Waals surface area contributed by atoms with Gasteiger partial charge in [0.1, 0.15) is 0 Å². The fraction of sp³-hybridized carbons (Fsp3) is 0. The van der Waals surface area contributed by atoms with Gasteiger partial charge in [0.25, 0.3) is 0 Å². The number of benzene rings is 10. The highest BCUT2D eigenvalue weighted by Gasteiger charge is 2.16. The van der Waals surface area contributed by atoms with Crippen LogP contribution in [0.25, 0.3) is 123 Å². The summed E-state index contributed by atoms with van der Waals surface area (Å²) in [5.74, 6) is 3.74. The standard InChI is InChI=1S/C58H36N6/c1-5-13-45-33-49(29-21-37(45)9-1)55-59-53(60-56(63-55)50-30-22-38-10-2-6-14-46(38)34-50)43-25-17-41(18-26-43)42-19-27-44(28-20-42)54-61-57(51-31-23-39-11-3-7-15-47(39)35-51)64-58(62-54)52-32-24-40-12-4-8-16-48(40)36-52/h1-36H. The molecule has 10 aromatic carbocycles. The highest BCUT2D eigenvalue weighted by molar-refractivity contribution is 5.90. The van der Waals surface area contributed by atoms with Gasteiger partial charge in [0.05, 0.1) is 0 Å². The summed E-state index contributed by atoms with van der Waals surface area (Å²) in [6.45, 7) is 0. The van der Waals surface area contributed by atoms with Crippen molar-refractivity contribution in [2.75, 3.05) is 0 Å². The Morgan fingerprint density at radius 3 is 0.594 bits per heavy atom. The monoisotopic (exact) mass is 816 g/mol. The third-order valence-electron chi connectivity index (χ3n) is 11.9. The van der Waals surface area contributed by atoms with Crippen molar-refractivity contribution in [1.29, 1.82) is 0 Å². The van der Waals surface area contributed by atoms with Gasteiger partial charge in [0.15, 0.2) is 34.9 Å². The van der Waals surface area contributed by atoms with E-state index in [-0.39, 0.29) is 0 Å². The normalized spacial score (nSPS) is 11.4. The summed E-state index contributed by atoms with van der Waals surface area (Å²) in [6.07, 6.45) is 0. The summed E-state index contributed by atoms with van der Waals surface area (Å²) in [5, 5.41) is 9.22. The zero-order valence-corrected chi connectivity index (χ0v) is 34.5. The molecule has 2 aromatic heterocycles. The predicted octanol–water partition coefficient (Wildman–Crippen LogP) is 14.3. The predicted molar refractivity (Wildman–Crippen MR) is 261 cm³/mol. The molecule has 12 rings (SSSR count). The molecule has 0 aliphatic carbocycles. The first-order valence-corrected chi connectivity index (χ1v) is 21.3. The number of rotatable bonds is 7. The topological polar surface area (TPSA) is 77.3 Å². The summed E-state index contributed by atoms with van der Waals surface area (Å²) < 4.78 is 0. The summed E-state index contributed by atoms with van der Waals surface area (Å²) >= 11 is 0. The maximum Gasteiger partial charge on any atom is 0.164 e. The van der Waals surface area contributed by atoms with E-state index in [1.807, 2.05) is 0 Å². The molecular formula is C58H36N6. The van der Waals surface area contributed by atoms with Gasteiger partial charge >= 0.3 is 0 Å². The molecule has 0 atom stereocenters. The molecule has 0 unspecified atom stereocenters. The maximum absolute atomic E-state index is 5.06. The molecule has 12 aromatic rings. The molecule has 2 heterocycles. The minimum Gasteiger partial charge on any atom is -0.208 e. The van der Waals surface area contributed by atoms with Crippen LogP contribution >= 0.6 is 0 Å². The Hall–Kier alpha value is -8.74. The summed E-state index contributed by atoms with van der Waals surface area (Å²) in [7, 11) is 0. The molecule has 0 spiro atoms. The van der Waals surface area contributed by atoms with E-state index >= 15 is 0 Å². The molecule has 64 heavy (non-hydrogen) atoms. The molecule has 0 saturated carbocycles. The average molecular weight is 817 g/mol. The third kappa shape index (κ3) is 7.09. The molecule has 0 bridgehead atoms. The fourth-order valence-electron chi connectivity index (χ4n) is 8.46. The van der Waals surface area contributed by atoms with Crippen LogP contribution in [-0.2, 0) is 0 Å². The van der Waals surface area contributed by atoms with Gasteiger partial charge in [0, 0.05) is 33.4 Å². The molecular weight excluding hydrogens is 781 g/mol. The van der Waals surface area contributed by atoms with Gasteiger partial charge in [-0.2, -0.15) is 0 Å². The lowest BCUT2D eigenvalue weighted by Gasteiger charge is -2.11. The average Bonchev–Trinajstić information content (AvgIpc) is 3.38. The van der Waals surface area contributed by atoms with Gasteiger partial charge in [-0.3, -0.25) is 0 Å². The fourth-order valence-corrected chi connectivity index (χ4v) is 8.46. The minimum atomic E-state index is 0.613. The van der Waals surface area contributed by atoms with Gasteiger partial charge in [-0.1, -0.05) is 194 Å². The number of hydrogen-bond donors (Lipinski definition) is 0. The van der Waals surface area contributed by atoms with E-state index in [2.05, 4.69) is 218 Å². The first-order valence-electron chi connectivity index (χ1n) is 21.3. The summed E-state index contributed by atoms with van der Waals surface area (Å²) in [5.41, 5.74) is 7.69. The molecule has 0 saturated heterocycles. The van der Waals surface area contributed by atoms with Crippen molar-refractivity contribution in [2.45, 2.75) is 0 Å². The molecule has 0 radical (unpaired) electrons. The second-order valence-corrected chi connectivity index (χ2v) is 16.0. The second kappa shape index (κ2) is 15.6. The summed E-state index contributed by atoms with van der Waals surface area (Å²) in [6, 6.07) is 75.7. The van der Waals surface area contributed by atoms with E-state index in [9.17, 15) is 0 Å². The van der Waals surface area contributed by atoms with E-state index in [0.29, 0.717) is 34.9 Å². The first kappa shape index (κ1) is 37.1. The van der Waals surface area contributed by atoms with Gasteiger partial charge in [-0.15, -0.1) is 0 Å². The smallest absolute Gasteiger partial charge is 0.164 e. The molecule has 6 nitrogen and oxygen atoms in total. The van der Waals surface area contributed by atoms with Crippen molar-refractivity contribution in [3.63, 3.8) is 0 Å². The van der Waals surface area contributed by atoms with Crippen LogP contribution in [0.1, 0.15) is 0 Å². The largest absolute Gasteiger partial charge is 0.208 e. The Morgan fingerprint density at radius 2 is 0.344 bits per heavy atom. The lowest BCUT2D eigenvalue weighted by Crippen LogP contribution is -2.00. The van der Waals surface area contributed by atoms with E-state index in [1.54, 1.807) is 0 Å². The number of nitrogens with zero attached hydrogens (tertiary/aromatic N) is 6. The summed E-state index contributed by atoms with van der Waals surface area (Å²) in [4.78, 5) is 30.3. The van der Waals surface area contributed by atoms with E-state index in [4.69, 9.17) is 29.9 Å². The van der Waals surface area contributed by atoms with Crippen LogP contribution in [0.2, 0.25) is 0 Å². The van der Waals surface area contributed by atoms with Gasteiger partial charge < -0.3 is 0 Å². The number of fused-ring (bicyclic) bond motifs is 4. The second-order valence-electron chi connectivity index (χ2n) is 16.0. The Morgan fingerprint density at radius 1 is 0.156 bits per heavy atom. The van der Waals surface area contributed by atoms with Crippen molar-refractivity contribution in [3.8, 4) is 79.5 Å². The van der Waals surface area contributed by atoms with Gasteiger partial charge in [0.2, 0.25) is 0 Å². The van der Waals surface area contributed by atoms with Crippen molar-refractivity contribution < 1.29 is 0 Å². The molecule has 0 aliphatic rings. The first-order chi connectivity index (χ1) is 31.6. The lowest BCUT2D eigenvalue weighted by molar-refractivity contribution is 1.07. The Labute approximate surface area is 369 Å². The van der Waals surface area contributed by atoms with Crippen LogP contribution in [0.4, 0.5) is 0 Å². The molecule has 298 valence electrons. The highest BCUT2D eigenvalue weighted by Crippen LogP contribution is 2.33. The maximum atomic E-state index is 5.06. The van der Waals surface area contributed by atoms with Gasteiger partial charge in [-0.05, 0) is 78.5 Å². The van der Waals surface area contributed by atoms with Crippen LogP contribution in [0, 0.1) is 0 Å². The van der Waals surface area contributed by atoms with E-state index in [0.717, 1.165) is 66.1 Å². The Kier molecular flexibility index (Phi) is 9.05. The van der Waals surface area contributed by atoms with E-state index in [1.165, 1.54) is 21.5 Å². The highest BCUT2D eigenvalue weighted by atomic mass is 15.0. The zero-order chi connectivity index (χ0) is 42.4. The Bertz CT molecular complexity index is 3290. The lowest BCUT2D eigenvalue weighted by atomic mass is 10.0. The molecule has 6 heteroatoms. The number of aromatic nitrogens is 6. The zero-order valence-electron chi connectivity index (χ0n) is 34.5. The van der Waals surface area contributed by atoms with Crippen molar-refractivity contribution in [3.05, 3.63) is 218 Å². The molecule has 0 aliphatic heterocycles. The molecule has 0 amide bonds. The van der Waals surface area contributed by atoms with Crippen LogP contribution in [-0.4, -0.2) is 29.9 Å². The van der Waals surface area contributed by atoms with Crippen molar-refractivity contribution in [2.24, 2.45) is 0 Å². The van der Waals surface area contributed by atoms with Crippen LogP contribution in [0.3, 0.4) is 0 Å². The molecule has 0 N–H and O–H groups in total. The van der Waals surface area contributed by atoms with Gasteiger partial charge in [-0.25, -0.2) is 29.9 Å². The van der Waals surface area contributed by atoms with E-state index < -0.39 is 0 Å². The van der Waals surface area contributed by atoms with Crippen molar-refractivity contribution in [1.82, 2.24) is 29.9 Å². The SMILES string of the molecule is c1ccc2cc(-c3nc(-c4ccc(-c5ccc(-c6nc(-c7ccc8ccccc8c7)nc(-c7ccc8ccccc8c7)n6)cc5)cc4)nc(-c4ccc5ccccc5c4)n3)ccc2c1. The van der Waals surface area contributed by atoms with Crippen molar-refractivity contribution >= 4 is 43.1 Å². The van der Waals surface area contributed by atoms with Crippen LogP contribution in [0.15, 0.2) is 218 Å². The minimum absolute atomic E-state index is 0.613. The molecule has 0 fully saturated rings. The Balaban J connectivity index is 0.894. The quantitative estimate of drug-likeness (QED) is 0.159. The number of hydrogen-bond acceptors (Lipinski definition) is 6. The van der Waals surface area contributed by atoms with Crippen LogP contribution < -0.4 is 0 Å². The third-order valence-corrected chi connectivity index (χ3v) is 11.9. The van der Waals surface area contributed by atoms with Crippen LogP contribution in [0.5, 0.6) is 0 Å².